The molecule has 1 aromatic carbocycles. The molecule has 0 aromatic heterocycles. The standard InChI is InChI=1S/C15H17BrO2/c1-4-11(2)14(16)15(17)12(3)18-10-13-8-6-5-7-9-13/h5-9H,3-4,10H2,1-2H3. The third-order valence-electron chi connectivity index (χ3n) is 2.61. The maximum Gasteiger partial charge on any atom is 0.233 e. The SMILES string of the molecule is C=C(OCc1ccccc1)C(=O)C(Br)=C(C)CC. The molecular weight excluding hydrogens is 292 g/mol. The van der Waals surface area contributed by atoms with Crippen LogP contribution in [0.4, 0.5) is 0 Å². The molecule has 0 atom stereocenters. The average Bonchev–Trinajstić information content (AvgIpc) is 2.43. The summed E-state index contributed by atoms with van der Waals surface area (Å²) in [5.41, 5.74) is 2.00. The van der Waals surface area contributed by atoms with Crippen molar-refractivity contribution in [3.8, 4) is 0 Å². The Kier molecular flexibility index (Phi) is 5.86. The maximum absolute atomic E-state index is 11.9. The number of ketones is 1. The van der Waals surface area contributed by atoms with E-state index in [1.807, 2.05) is 44.2 Å². The summed E-state index contributed by atoms with van der Waals surface area (Å²) < 4.78 is 5.94. The minimum atomic E-state index is -0.190. The zero-order chi connectivity index (χ0) is 13.5. The summed E-state index contributed by atoms with van der Waals surface area (Å²) in [4.78, 5) is 11.9. The predicted octanol–water partition coefficient (Wildman–Crippen LogP) is 4.36. The highest BCUT2D eigenvalue weighted by Crippen LogP contribution is 2.20. The first-order valence-corrected chi connectivity index (χ1v) is 6.61. The molecule has 0 aliphatic rings. The molecule has 96 valence electrons. The van der Waals surface area contributed by atoms with E-state index in [-0.39, 0.29) is 11.5 Å². The van der Waals surface area contributed by atoms with Crippen molar-refractivity contribution in [3.63, 3.8) is 0 Å². The van der Waals surface area contributed by atoms with Gasteiger partial charge in [-0.1, -0.05) is 49.4 Å². The number of ether oxygens (including phenoxy) is 1. The molecule has 0 unspecified atom stereocenters. The number of rotatable bonds is 6. The zero-order valence-electron chi connectivity index (χ0n) is 10.7. The van der Waals surface area contributed by atoms with Crippen LogP contribution in [0.25, 0.3) is 0 Å². The molecule has 3 heteroatoms. The minimum Gasteiger partial charge on any atom is -0.485 e. The molecule has 0 saturated heterocycles. The molecule has 0 N–H and O–H groups in total. The fourth-order valence-corrected chi connectivity index (χ4v) is 1.78. The highest BCUT2D eigenvalue weighted by atomic mass is 79.9. The van der Waals surface area contributed by atoms with Crippen molar-refractivity contribution < 1.29 is 9.53 Å². The Morgan fingerprint density at radius 3 is 2.50 bits per heavy atom. The smallest absolute Gasteiger partial charge is 0.233 e. The van der Waals surface area contributed by atoms with Crippen molar-refractivity contribution in [2.24, 2.45) is 0 Å². The molecule has 1 aromatic rings. The summed E-state index contributed by atoms with van der Waals surface area (Å²) in [5, 5.41) is 0. The highest BCUT2D eigenvalue weighted by Gasteiger charge is 2.14. The number of carbonyl (C=O) groups excluding carboxylic acids is 1. The molecule has 0 amide bonds. The lowest BCUT2D eigenvalue weighted by atomic mass is 10.2. The van der Waals surface area contributed by atoms with Gasteiger partial charge in [-0.25, -0.2) is 0 Å². The minimum absolute atomic E-state index is 0.165. The summed E-state index contributed by atoms with van der Waals surface area (Å²) in [5.74, 6) is -0.0243. The van der Waals surface area contributed by atoms with Crippen LogP contribution >= 0.6 is 15.9 Å². The highest BCUT2D eigenvalue weighted by molar-refractivity contribution is 9.12. The van der Waals surface area contributed by atoms with Gasteiger partial charge in [0.1, 0.15) is 6.61 Å². The second-order valence-corrected chi connectivity index (χ2v) is 4.77. The lowest BCUT2D eigenvalue weighted by molar-refractivity contribution is -0.114. The Hall–Kier alpha value is -1.35. The zero-order valence-corrected chi connectivity index (χ0v) is 12.3. The van der Waals surface area contributed by atoms with E-state index >= 15 is 0 Å². The first-order valence-electron chi connectivity index (χ1n) is 5.81. The van der Waals surface area contributed by atoms with Gasteiger partial charge in [-0.2, -0.15) is 0 Å². The Morgan fingerprint density at radius 2 is 1.94 bits per heavy atom. The predicted molar refractivity (Wildman–Crippen MR) is 77.3 cm³/mol. The lowest BCUT2D eigenvalue weighted by Crippen LogP contribution is -2.06. The molecule has 0 saturated carbocycles. The van der Waals surface area contributed by atoms with Crippen molar-refractivity contribution in [1.82, 2.24) is 0 Å². The number of Topliss-reactive ketones (excluding diaryl/α,β-unsaturated/α-hetero) is 1. The van der Waals surface area contributed by atoms with Crippen molar-refractivity contribution in [3.05, 3.63) is 58.3 Å². The largest absolute Gasteiger partial charge is 0.485 e. The number of hydrogen-bond acceptors (Lipinski definition) is 2. The van der Waals surface area contributed by atoms with Crippen LogP contribution in [0, 0.1) is 0 Å². The van der Waals surface area contributed by atoms with Gasteiger partial charge in [0, 0.05) is 0 Å². The van der Waals surface area contributed by atoms with E-state index in [2.05, 4.69) is 22.5 Å². The van der Waals surface area contributed by atoms with Crippen LogP contribution in [0.2, 0.25) is 0 Å². The number of halogens is 1. The van der Waals surface area contributed by atoms with Crippen LogP contribution in [0.1, 0.15) is 25.8 Å². The van der Waals surface area contributed by atoms with E-state index in [0.717, 1.165) is 17.6 Å². The summed E-state index contributed by atoms with van der Waals surface area (Å²) in [6.45, 7) is 7.94. The lowest BCUT2D eigenvalue weighted by Gasteiger charge is -2.09. The van der Waals surface area contributed by atoms with E-state index in [1.165, 1.54) is 0 Å². The van der Waals surface area contributed by atoms with E-state index in [4.69, 9.17) is 4.74 Å². The molecule has 0 bridgehead atoms. The molecule has 0 aliphatic carbocycles. The Labute approximate surface area is 116 Å². The quantitative estimate of drug-likeness (QED) is 0.576. The normalized spacial score (nSPS) is 11.7. The Bertz CT molecular complexity index is 461. The third kappa shape index (κ3) is 4.15. The van der Waals surface area contributed by atoms with Crippen LogP contribution in [-0.2, 0) is 16.1 Å². The average molecular weight is 309 g/mol. The second kappa shape index (κ2) is 7.17. The summed E-state index contributed by atoms with van der Waals surface area (Å²) in [6, 6.07) is 9.69. The van der Waals surface area contributed by atoms with Gasteiger partial charge in [0.05, 0.1) is 4.48 Å². The van der Waals surface area contributed by atoms with Crippen LogP contribution in [0.15, 0.2) is 52.7 Å². The maximum atomic E-state index is 11.9. The van der Waals surface area contributed by atoms with Crippen LogP contribution in [0.5, 0.6) is 0 Å². The number of hydrogen-bond donors (Lipinski definition) is 0. The Morgan fingerprint density at radius 1 is 1.33 bits per heavy atom. The van der Waals surface area contributed by atoms with Gasteiger partial charge in [-0.15, -0.1) is 0 Å². The van der Waals surface area contributed by atoms with Crippen LogP contribution in [0.3, 0.4) is 0 Å². The fourth-order valence-electron chi connectivity index (χ4n) is 1.28. The van der Waals surface area contributed by atoms with Crippen molar-refractivity contribution in [2.45, 2.75) is 26.9 Å². The van der Waals surface area contributed by atoms with Crippen molar-refractivity contribution in [1.29, 1.82) is 0 Å². The van der Waals surface area contributed by atoms with Crippen molar-refractivity contribution >= 4 is 21.7 Å². The molecule has 0 heterocycles. The molecule has 0 fully saturated rings. The van der Waals surface area contributed by atoms with Crippen LogP contribution in [-0.4, -0.2) is 5.78 Å². The summed E-state index contributed by atoms with van der Waals surface area (Å²) in [6.07, 6.45) is 0.818. The second-order valence-electron chi connectivity index (χ2n) is 3.97. The molecule has 0 spiro atoms. The third-order valence-corrected chi connectivity index (χ3v) is 3.65. The summed E-state index contributed by atoms with van der Waals surface area (Å²) >= 11 is 3.28. The van der Waals surface area contributed by atoms with Gasteiger partial charge in [-0.05, 0) is 34.8 Å². The van der Waals surface area contributed by atoms with Gasteiger partial charge >= 0.3 is 0 Å². The van der Waals surface area contributed by atoms with Gasteiger partial charge in [0.2, 0.25) is 5.78 Å². The van der Waals surface area contributed by atoms with E-state index in [1.54, 1.807) is 0 Å². The van der Waals surface area contributed by atoms with E-state index in [0.29, 0.717) is 11.1 Å². The first kappa shape index (κ1) is 14.7. The number of carbonyl (C=O) groups is 1. The monoisotopic (exact) mass is 308 g/mol. The molecule has 18 heavy (non-hydrogen) atoms. The number of allylic oxidation sites excluding steroid dienone is 2. The molecule has 0 radical (unpaired) electrons. The van der Waals surface area contributed by atoms with Crippen molar-refractivity contribution in [2.75, 3.05) is 0 Å². The fraction of sp³-hybridized carbons (Fsp3) is 0.267. The number of benzene rings is 1. The molecular formula is C15H17BrO2. The van der Waals surface area contributed by atoms with Gasteiger partial charge < -0.3 is 4.74 Å². The molecule has 2 nitrogen and oxygen atoms in total. The van der Waals surface area contributed by atoms with Gasteiger partial charge in [0.15, 0.2) is 5.76 Å². The van der Waals surface area contributed by atoms with Gasteiger partial charge in [-0.3, -0.25) is 4.79 Å². The van der Waals surface area contributed by atoms with E-state index in [9.17, 15) is 4.79 Å². The molecule has 0 aliphatic heterocycles. The van der Waals surface area contributed by atoms with Gasteiger partial charge in [0.25, 0.3) is 0 Å². The Balaban J connectivity index is 2.59. The topological polar surface area (TPSA) is 26.3 Å². The first-order chi connectivity index (χ1) is 8.56. The summed E-state index contributed by atoms with van der Waals surface area (Å²) in [7, 11) is 0. The molecule has 1 rings (SSSR count). The van der Waals surface area contributed by atoms with Crippen LogP contribution < -0.4 is 0 Å². The van der Waals surface area contributed by atoms with E-state index < -0.39 is 0 Å².